The van der Waals surface area contributed by atoms with E-state index in [4.69, 9.17) is 4.74 Å². The number of carboxylic acid groups (broad SMARTS) is 1. The molecule has 0 aromatic carbocycles. The number of piperidine rings is 1. The number of ether oxygens (including phenoxy) is 1. The predicted molar refractivity (Wildman–Crippen MR) is 67.1 cm³/mol. The van der Waals surface area contributed by atoms with Crippen molar-refractivity contribution in [1.29, 1.82) is 0 Å². The molecular weight excluding hydrogens is 218 g/mol. The highest BCUT2D eigenvalue weighted by atomic mass is 16.5. The summed E-state index contributed by atoms with van der Waals surface area (Å²) in [5.41, 5.74) is 0. The van der Waals surface area contributed by atoms with Crippen LogP contribution < -0.4 is 0 Å². The third kappa shape index (κ3) is 4.64. The molecule has 4 heteroatoms. The van der Waals surface area contributed by atoms with Crippen LogP contribution >= 0.6 is 0 Å². The Labute approximate surface area is 104 Å². The zero-order valence-electron chi connectivity index (χ0n) is 11.0. The second-order valence-electron chi connectivity index (χ2n) is 4.74. The summed E-state index contributed by atoms with van der Waals surface area (Å²) in [6.07, 6.45) is 3.96. The smallest absolute Gasteiger partial charge is 0.320 e. The standard InChI is InChI=1S/C13H25NO3/c1-3-11-6-8-14(7-5-9-17-4-2)12(10-11)13(15)16/h11-12H,3-10H2,1-2H3,(H,15,16). The summed E-state index contributed by atoms with van der Waals surface area (Å²) in [6, 6.07) is -0.282. The fourth-order valence-corrected chi connectivity index (χ4v) is 2.50. The van der Waals surface area contributed by atoms with Gasteiger partial charge in [-0.1, -0.05) is 13.3 Å². The highest BCUT2D eigenvalue weighted by Crippen LogP contribution is 2.25. The average molecular weight is 243 g/mol. The number of carbonyl (C=O) groups is 1. The minimum atomic E-state index is -0.667. The Bertz CT molecular complexity index is 233. The summed E-state index contributed by atoms with van der Waals surface area (Å²) in [5.74, 6) is -0.0844. The fourth-order valence-electron chi connectivity index (χ4n) is 2.50. The van der Waals surface area contributed by atoms with Gasteiger partial charge < -0.3 is 9.84 Å². The van der Waals surface area contributed by atoms with Crippen LogP contribution in [0.1, 0.15) is 39.5 Å². The minimum Gasteiger partial charge on any atom is -0.480 e. The topological polar surface area (TPSA) is 49.8 Å². The molecule has 1 aliphatic heterocycles. The van der Waals surface area contributed by atoms with Crippen LogP contribution in [-0.2, 0) is 9.53 Å². The maximum Gasteiger partial charge on any atom is 0.320 e. The lowest BCUT2D eigenvalue weighted by Gasteiger charge is -2.36. The van der Waals surface area contributed by atoms with Gasteiger partial charge in [-0.15, -0.1) is 0 Å². The first-order valence-corrected chi connectivity index (χ1v) is 6.73. The van der Waals surface area contributed by atoms with Crippen LogP contribution in [0.3, 0.4) is 0 Å². The molecule has 100 valence electrons. The van der Waals surface area contributed by atoms with E-state index in [2.05, 4.69) is 11.8 Å². The van der Waals surface area contributed by atoms with Gasteiger partial charge in [-0.25, -0.2) is 0 Å². The van der Waals surface area contributed by atoms with Crippen molar-refractivity contribution < 1.29 is 14.6 Å². The van der Waals surface area contributed by atoms with E-state index in [0.717, 1.165) is 52.0 Å². The Morgan fingerprint density at radius 2 is 2.24 bits per heavy atom. The van der Waals surface area contributed by atoms with Crippen LogP contribution in [-0.4, -0.2) is 48.3 Å². The van der Waals surface area contributed by atoms with Gasteiger partial charge >= 0.3 is 5.97 Å². The molecule has 1 heterocycles. The molecule has 17 heavy (non-hydrogen) atoms. The molecule has 1 saturated heterocycles. The lowest BCUT2D eigenvalue weighted by atomic mass is 9.89. The molecule has 1 N–H and O–H groups in total. The van der Waals surface area contributed by atoms with E-state index in [-0.39, 0.29) is 6.04 Å². The first-order chi connectivity index (χ1) is 8.19. The van der Waals surface area contributed by atoms with Crippen molar-refractivity contribution in [3.63, 3.8) is 0 Å². The molecule has 0 aromatic heterocycles. The molecule has 0 saturated carbocycles. The van der Waals surface area contributed by atoms with Crippen molar-refractivity contribution in [1.82, 2.24) is 4.90 Å². The summed E-state index contributed by atoms with van der Waals surface area (Å²) < 4.78 is 5.29. The van der Waals surface area contributed by atoms with E-state index in [9.17, 15) is 9.90 Å². The second-order valence-corrected chi connectivity index (χ2v) is 4.74. The summed E-state index contributed by atoms with van der Waals surface area (Å²) in [5, 5.41) is 9.25. The molecule has 1 aliphatic rings. The van der Waals surface area contributed by atoms with E-state index in [1.54, 1.807) is 0 Å². The average Bonchev–Trinajstić information content (AvgIpc) is 2.34. The number of hydrogen-bond donors (Lipinski definition) is 1. The first-order valence-electron chi connectivity index (χ1n) is 6.73. The molecule has 0 aromatic rings. The maximum atomic E-state index is 11.2. The van der Waals surface area contributed by atoms with Gasteiger partial charge in [-0.2, -0.15) is 0 Å². The molecule has 1 fully saturated rings. The third-order valence-electron chi connectivity index (χ3n) is 3.62. The minimum absolute atomic E-state index is 0.282. The van der Waals surface area contributed by atoms with Crippen LogP contribution in [0.5, 0.6) is 0 Å². The Kier molecular flexibility index (Phi) is 6.52. The van der Waals surface area contributed by atoms with Crippen LogP contribution in [0.2, 0.25) is 0 Å². The summed E-state index contributed by atoms with van der Waals surface area (Å²) in [4.78, 5) is 13.3. The molecule has 1 rings (SSSR count). The number of carboxylic acids is 1. The number of hydrogen-bond acceptors (Lipinski definition) is 3. The maximum absolute atomic E-state index is 11.2. The summed E-state index contributed by atoms with van der Waals surface area (Å²) in [7, 11) is 0. The van der Waals surface area contributed by atoms with E-state index in [0.29, 0.717) is 5.92 Å². The fraction of sp³-hybridized carbons (Fsp3) is 0.923. The van der Waals surface area contributed by atoms with Gasteiger partial charge in [0.05, 0.1) is 0 Å². The number of aliphatic carboxylic acids is 1. The Balaban J connectivity index is 2.38. The lowest BCUT2D eigenvalue weighted by molar-refractivity contribution is -0.145. The molecule has 0 bridgehead atoms. The zero-order chi connectivity index (χ0) is 12.7. The van der Waals surface area contributed by atoms with E-state index in [1.807, 2.05) is 6.92 Å². The summed E-state index contributed by atoms with van der Waals surface area (Å²) in [6.45, 7) is 7.35. The number of rotatable bonds is 7. The van der Waals surface area contributed by atoms with Crippen molar-refractivity contribution in [2.75, 3.05) is 26.3 Å². The van der Waals surface area contributed by atoms with Gasteiger partial charge in [-0.05, 0) is 38.6 Å². The molecular formula is C13H25NO3. The monoisotopic (exact) mass is 243 g/mol. The largest absolute Gasteiger partial charge is 0.480 e. The Morgan fingerprint density at radius 3 is 2.82 bits per heavy atom. The highest BCUT2D eigenvalue weighted by Gasteiger charge is 2.31. The van der Waals surface area contributed by atoms with Crippen molar-refractivity contribution in [3.8, 4) is 0 Å². The number of nitrogens with zero attached hydrogens (tertiary/aromatic N) is 1. The van der Waals surface area contributed by atoms with Crippen LogP contribution in [0.4, 0.5) is 0 Å². The van der Waals surface area contributed by atoms with Crippen molar-refractivity contribution in [2.24, 2.45) is 5.92 Å². The molecule has 0 amide bonds. The van der Waals surface area contributed by atoms with Crippen LogP contribution in [0.25, 0.3) is 0 Å². The summed E-state index contributed by atoms with van der Waals surface area (Å²) >= 11 is 0. The molecule has 0 radical (unpaired) electrons. The van der Waals surface area contributed by atoms with Gasteiger partial charge in [0.1, 0.15) is 6.04 Å². The second kappa shape index (κ2) is 7.67. The first kappa shape index (κ1) is 14.5. The molecule has 0 aliphatic carbocycles. The van der Waals surface area contributed by atoms with Crippen LogP contribution in [0, 0.1) is 5.92 Å². The van der Waals surface area contributed by atoms with Crippen LogP contribution in [0.15, 0.2) is 0 Å². The Morgan fingerprint density at radius 1 is 1.47 bits per heavy atom. The SMILES string of the molecule is CCOCCCN1CCC(CC)CC1C(=O)O. The third-order valence-corrected chi connectivity index (χ3v) is 3.62. The molecule has 0 spiro atoms. The van der Waals surface area contributed by atoms with E-state index < -0.39 is 5.97 Å². The van der Waals surface area contributed by atoms with E-state index in [1.165, 1.54) is 0 Å². The quantitative estimate of drug-likeness (QED) is 0.695. The highest BCUT2D eigenvalue weighted by molar-refractivity contribution is 5.73. The molecule has 2 atom stereocenters. The van der Waals surface area contributed by atoms with Gasteiger partial charge in [0.15, 0.2) is 0 Å². The van der Waals surface area contributed by atoms with Crippen molar-refractivity contribution >= 4 is 5.97 Å². The molecule has 4 nitrogen and oxygen atoms in total. The van der Waals surface area contributed by atoms with Gasteiger partial charge in [-0.3, -0.25) is 9.69 Å². The normalized spacial score (nSPS) is 26.0. The van der Waals surface area contributed by atoms with Crippen molar-refractivity contribution in [2.45, 2.75) is 45.6 Å². The van der Waals surface area contributed by atoms with Gasteiger partial charge in [0.2, 0.25) is 0 Å². The van der Waals surface area contributed by atoms with E-state index >= 15 is 0 Å². The Hall–Kier alpha value is -0.610. The lowest BCUT2D eigenvalue weighted by Crippen LogP contribution is -2.47. The van der Waals surface area contributed by atoms with Gasteiger partial charge in [0, 0.05) is 19.8 Å². The number of likely N-dealkylation sites (tertiary alicyclic amines) is 1. The van der Waals surface area contributed by atoms with Gasteiger partial charge in [0.25, 0.3) is 0 Å². The predicted octanol–water partition coefficient (Wildman–Crippen LogP) is 1.99. The van der Waals surface area contributed by atoms with Crippen molar-refractivity contribution in [3.05, 3.63) is 0 Å². The zero-order valence-corrected chi connectivity index (χ0v) is 11.0. The molecule has 2 unspecified atom stereocenters.